The average Bonchev–Trinajstić information content (AvgIpc) is 3.47. The first-order chi connectivity index (χ1) is 17.3. The fraction of sp³-hybridized carbons (Fsp3) is 0.370. The molecule has 9 heteroatoms. The Morgan fingerprint density at radius 1 is 1.25 bits per heavy atom. The number of thiazole rings is 1. The number of esters is 1. The molecule has 0 unspecified atom stereocenters. The van der Waals surface area contributed by atoms with Crippen molar-refractivity contribution in [2.75, 3.05) is 20.3 Å². The van der Waals surface area contributed by atoms with Crippen LogP contribution in [-0.4, -0.2) is 30.9 Å². The van der Waals surface area contributed by atoms with E-state index >= 15 is 0 Å². The van der Waals surface area contributed by atoms with Gasteiger partial charge in [-0.25, -0.2) is 9.79 Å². The molecule has 0 saturated carbocycles. The summed E-state index contributed by atoms with van der Waals surface area (Å²) in [6.45, 7) is 8.71. The summed E-state index contributed by atoms with van der Waals surface area (Å²) in [5.74, 6) is 1.37. The number of aromatic nitrogens is 1. The third-order valence-corrected chi connectivity index (χ3v) is 7.68. The van der Waals surface area contributed by atoms with Gasteiger partial charge in [0.2, 0.25) is 0 Å². The minimum Gasteiger partial charge on any atom is -0.493 e. The molecule has 7 nitrogen and oxygen atoms in total. The van der Waals surface area contributed by atoms with Crippen molar-refractivity contribution in [3.05, 3.63) is 77.1 Å². The molecule has 1 aliphatic rings. The smallest absolute Gasteiger partial charge is 0.338 e. The summed E-state index contributed by atoms with van der Waals surface area (Å²) in [4.78, 5) is 32.5. The second-order valence-electron chi connectivity index (χ2n) is 8.76. The number of thiophene rings is 1. The normalized spacial score (nSPS) is 15.6. The predicted molar refractivity (Wildman–Crippen MR) is 143 cm³/mol. The molecule has 0 spiro atoms. The molecule has 3 heterocycles. The molecule has 190 valence electrons. The monoisotopic (exact) mass is 526 g/mol. The number of ether oxygens (including phenoxy) is 3. The van der Waals surface area contributed by atoms with Gasteiger partial charge in [0.25, 0.3) is 5.56 Å². The molecule has 0 radical (unpaired) electrons. The minimum absolute atomic E-state index is 0.206. The van der Waals surface area contributed by atoms with Crippen molar-refractivity contribution in [3.63, 3.8) is 0 Å². The largest absolute Gasteiger partial charge is 0.493 e. The Kier molecular flexibility index (Phi) is 8.11. The van der Waals surface area contributed by atoms with Crippen LogP contribution in [0.15, 0.2) is 56.8 Å². The molecule has 1 atom stereocenters. The quantitative estimate of drug-likeness (QED) is 0.389. The van der Waals surface area contributed by atoms with Gasteiger partial charge < -0.3 is 14.2 Å². The van der Waals surface area contributed by atoms with Gasteiger partial charge in [0.15, 0.2) is 16.3 Å². The Balaban J connectivity index is 1.77. The van der Waals surface area contributed by atoms with E-state index in [2.05, 4.69) is 18.8 Å². The van der Waals surface area contributed by atoms with Crippen molar-refractivity contribution in [1.29, 1.82) is 0 Å². The third kappa shape index (κ3) is 5.32. The zero-order chi connectivity index (χ0) is 25.8. The van der Waals surface area contributed by atoms with Crippen molar-refractivity contribution in [2.45, 2.75) is 40.2 Å². The van der Waals surface area contributed by atoms with Crippen LogP contribution in [0.25, 0.3) is 6.08 Å². The lowest BCUT2D eigenvalue weighted by Crippen LogP contribution is -2.39. The van der Waals surface area contributed by atoms with Crippen LogP contribution in [0.3, 0.4) is 0 Å². The average molecular weight is 527 g/mol. The van der Waals surface area contributed by atoms with Crippen LogP contribution in [0.4, 0.5) is 0 Å². The number of hydrogen-bond acceptors (Lipinski definition) is 8. The van der Waals surface area contributed by atoms with Crippen LogP contribution in [-0.2, 0) is 9.53 Å². The fourth-order valence-corrected chi connectivity index (χ4v) is 5.83. The maximum atomic E-state index is 13.6. The highest BCUT2D eigenvalue weighted by molar-refractivity contribution is 7.10. The minimum atomic E-state index is -0.575. The number of nitrogens with zero attached hydrogens (tertiary/aromatic N) is 2. The highest BCUT2D eigenvalue weighted by Crippen LogP contribution is 2.33. The summed E-state index contributed by atoms with van der Waals surface area (Å²) in [5.41, 5.74) is 1.55. The number of carbonyl (C=O) groups is 1. The predicted octanol–water partition coefficient (Wildman–Crippen LogP) is 4.29. The van der Waals surface area contributed by atoms with Crippen LogP contribution >= 0.6 is 22.7 Å². The standard InChI is InChI=1S/C27H30N2O5S2/c1-6-33-26(31)23-17(4)28-27-29(24(23)21-8-7-13-35-21)25(30)22(36-27)15-18-9-10-19(20(14-18)32-5)34-12-11-16(2)3/h7-10,13-16,24H,6,11-12H2,1-5H3/b22-15+/t24-/m1/s1. The second-order valence-corrected chi connectivity index (χ2v) is 10.7. The Hall–Kier alpha value is -3.17. The fourth-order valence-electron chi connectivity index (χ4n) is 3.96. The lowest BCUT2D eigenvalue weighted by atomic mass is 10.0. The lowest BCUT2D eigenvalue weighted by molar-refractivity contribution is -0.139. The number of methoxy groups -OCH3 is 1. The van der Waals surface area contributed by atoms with Crippen molar-refractivity contribution in [1.82, 2.24) is 4.57 Å². The van der Waals surface area contributed by atoms with Crippen LogP contribution in [0.1, 0.15) is 50.6 Å². The summed E-state index contributed by atoms with van der Waals surface area (Å²) in [6, 6.07) is 8.87. The Labute approximate surface area is 218 Å². The van der Waals surface area contributed by atoms with E-state index in [0.717, 1.165) is 16.9 Å². The molecule has 1 aromatic carbocycles. The number of benzene rings is 1. The van der Waals surface area contributed by atoms with Crippen molar-refractivity contribution < 1.29 is 19.0 Å². The first kappa shape index (κ1) is 25.9. The van der Waals surface area contributed by atoms with Gasteiger partial charge in [0.05, 0.1) is 36.1 Å². The highest BCUT2D eigenvalue weighted by atomic mass is 32.1. The zero-order valence-electron chi connectivity index (χ0n) is 21.1. The number of rotatable bonds is 9. The summed E-state index contributed by atoms with van der Waals surface area (Å²) in [7, 11) is 1.60. The number of allylic oxidation sites excluding steroid dienone is 1. The van der Waals surface area contributed by atoms with Gasteiger partial charge in [-0.05, 0) is 61.4 Å². The molecule has 1 aliphatic heterocycles. The molecule has 0 bridgehead atoms. The number of fused-ring (bicyclic) bond motifs is 1. The molecule has 0 saturated heterocycles. The highest BCUT2D eigenvalue weighted by Gasteiger charge is 2.33. The number of carbonyl (C=O) groups excluding carboxylic acids is 1. The first-order valence-electron chi connectivity index (χ1n) is 11.9. The maximum absolute atomic E-state index is 13.6. The Morgan fingerprint density at radius 2 is 2.06 bits per heavy atom. The van der Waals surface area contributed by atoms with Crippen LogP contribution in [0.2, 0.25) is 0 Å². The second kappa shape index (κ2) is 11.3. The van der Waals surface area contributed by atoms with E-state index < -0.39 is 12.0 Å². The SMILES string of the molecule is CCOC(=O)C1=C(C)N=c2s/c(=C/c3ccc(OCCC(C)C)c(OC)c3)c(=O)n2[C@@H]1c1cccs1. The van der Waals surface area contributed by atoms with E-state index in [1.807, 2.05) is 41.8 Å². The molecule has 0 fully saturated rings. The molecule has 0 amide bonds. The molecule has 0 aliphatic carbocycles. The van der Waals surface area contributed by atoms with Crippen LogP contribution in [0, 0.1) is 5.92 Å². The zero-order valence-corrected chi connectivity index (χ0v) is 22.7. The van der Waals surface area contributed by atoms with Crippen molar-refractivity contribution in [3.8, 4) is 11.5 Å². The first-order valence-corrected chi connectivity index (χ1v) is 13.6. The molecule has 36 heavy (non-hydrogen) atoms. The van der Waals surface area contributed by atoms with E-state index in [9.17, 15) is 9.59 Å². The van der Waals surface area contributed by atoms with Gasteiger partial charge in [0.1, 0.15) is 6.04 Å². The van der Waals surface area contributed by atoms with Crippen molar-refractivity contribution >= 4 is 34.7 Å². The van der Waals surface area contributed by atoms with E-state index in [-0.39, 0.29) is 12.2 Å². The van der Waals surface area contributed by atoms with Gasteiger partial charge >= 0.3 is 5.97 Å². The third-order valence-electron chi connectivity index (χ3n) is 5.77. The van der Waals surface area contributed by atoms with Gasteiger partial charge in [-0.2, -0.15) is 0 Å². The van der Waals surface area contributed by atoms with E-state index in [4.69, 9.17) is 14.2 Å². The van der Waals surface area contributed by atoms with Gasteiger partial charge in [-0.1, -0.05) is 37.3 Å². The summed E-state index contributed by atoms with van der Waals surface area (Å²) in [5, 5.41) is 1.93. The van der Waals surface area contributed by atoms with Crippen molar-refractivity contribution in [2.24, 2.45) is 10.9 Å². The molecule has 0 N–H and O–H groups in total. The van der Waals surface area contributed by atoms with E-state index in [0.29, 0.717) is 44.6 Å². The molecular weight excluding hydrogens is 496 g/mol. The topological polar surface area (TPSA) is 79.1 Å². The molecule has 4 rings (SSSR count). The maximum Gasteiger partial charge on any atom is 0.338 e. The Bertz CT molecular complexity index is 1450. The van der Waals surface area contributed by atoms with E-state index in [1.165, 1.54) is 22.7 Å². The summed E-state index contributed by atoms with van der Waals surface area (Å²) in [6.07, 6.45) is 2.77. The number of hydrogen-bond donors (Lipinski definition) is 0. The molecular formula is C27H30N2O5S2. The van der Waals surface area contributed by atoms with Gasteiger partial charge in [-0.3, -0.25) is 9.36 Å². The lowest BCUT2D eigenvalue weighted by Gasteiger charge is -2.23. The van der Waals surface area contributed by atoms with Gasteiger partial charge in [0, 0.05) is 4.88 Å². The summed E-state index contributed by atoms with van der Waals surface area (Å²) < 4.78 is 18.9. The Morgan fingerprint density at radius 3 is 2.72 bits per heavy atom. The molecule has 3 aromatic rings. The summed E-state index contributed by atoms with van der Waals surface area (Å²) >= 11 is 2.79. The van der Waals surface area contributed by atoms with Crippen LogP contribution < -0.4 is 24.4 Å². The van der Waals surface area contributed by atoms with Gasteiger partial charge in [-0.15, -0.1) is 11.3 Å². The van der Waals surface area contributed by atoms with Crippen LogP contribution in [0.5, 0.6) is 11.5 Å². The van der Waals surface area contributed by atoms with E-state index in [1.54, 1.807) is 25.5 Å². The molecule has 2 aromatic heterocycles.